The van der Waals surface area contributed by atoms with Crippen molar-refractivity contribution in [3.63, 3.8) is 0 Å². The van der Waals surface area contributed by atoms with Crippen LogP contribution in [0, 0.1) is 5.92 Å². The molecule has 4 heteroatoms. The highest BCUT2D eigenvalue weighted by Gasteiger charge is 2.02. The van der Waals surface area contributed by atoms with Gasteiger partial charge >= 0.3 is 0 Å². The maximum Gasteiger partial charge on any atom is 0.191 e. The van der Waals surface area contributed by atoms with Gasteiger partial charge < -0.3 is 15.5 Å². The summed E-state index contributed by atoms with van der Waals surface area (Å²) in [6, 6.07) is 0.637. The van der Waals surface area contributed by atoms with Gasteiger partial charge in [-0.3, -0.25) is 4.99 Å². The quantitative estimate of drug-likeness (QED) is 0.384. The lowest BCUT2D eigenvalue weighted by molar-refractivity contribution is 0.268. The van der Waals surface area contributed by atoms with Crippen LogP contribution in [-0.4, -0.2) is 50.1 Å². The number of nitrogens with zero attached hydrogens (tertiary/aromatic N) is 2. The molecule has 0 saturated heterocycles. The second-order valence-electron chi connectivity index (χ2n) is 5.82. The fraction of sp³-hybridized carbons (Fsp3) is 0.933. The first-order valence-corrected chi connectivity index (χ1v) is 7.69. The molecule has 2 N–H and O–H groups in total. The lowest BCUT2D eigenvalue weighted by Crippen LogP contribution is -2.38. The molecule has 19 heavy (non-hydrogen) atoms. The second kappa shape index (κ2) is 11.1. The van der Waals surface area contributed by atoms with Crippen LogP contribution in [0.2, 0.25) is 0 Å². The van der Waals surface area contributed by atoms with Crippen molar-refractivity contribution in [1.82, 2.24) is 15.5 Å². The van der Waals surface area contributed by atoms with E-state index in [1.807, 2.05) is 0 Å². The average Bonchev–Trinajstić information content (AvgIpc) is 2.34. The van der Waals surface area contributed by atoms with Crippen LogP contribution in [0.4, 0.5) is 0 Å². The van der Waals surface area contributed by atoms with Crippen molar-refractivity contribution in [2.24, 2.45) is 10.9 Å². The molecule has 4 nitrogen and oxygen atoms in total. The Hall–Kier alpha value is -0.770. The summed E-state index contributed by atoms with van der Waals surface area (Å²) in [5, 5.41) is 6.68. The lowest BCUT2D eigenvalue weighted by Gasteiger charge is -2.20. The fourth-order valence-electron chi connectivity index (χ4n) is 1.57. The van der Waals surface area contributed by atoms with Crippen LogP contribution in [0.3, 0.4) is 0 Å². The Balaban J connectivity index is 3.78. The summed E-state index contributed by atoms with van der Waals surface area (Å²) in [4.78, 5) is 6.94. The number of unbranched alkanes of at least 4 members (excludes halogenated alkanes) is 1. The topological polar surface area (TPSA) is 39.7 Å². The van der Waals surface area contributed by atoms with Gasteiger partial charge in [0.05, 0.1) is 0 Å². The van der Waals surface area contributed by atoms with Gasteiger partial charge in [-0.1, -0.05) is 13.8 Å². The Bertz CT molecular complexity index is 236. The molecule has 0 aromatic heterocycles. The van der Waals surface area contributed by atoms with E-state index in [0.29, 0.717) is 12.0 Å². The van der Waals surface area contributed by atoms with Crippen molar-refractivity contribution in [1.29, 1.82) is 0 Å². The number of nitrogens with one attached hydrogen (secondary N) is 2. The van der Waals surface area contributed by atoms with E-state index in [2.05, 4.69) is 62.2 Å². The summed E-state index contributed by atoms with van der Waals surface area (Å²) >= 11 is 0. The van der Waals surface area contributed by atoms with E-state index in [9.17, 15) is 0 Å². The van der Waals surface area contributed by atoms with E-state index >= 15 is 0 Å². The summed E-state index contributed by atoms with van der Waals surface area (Å²) < 4.78 is 0. The van der Waals surface area contributed by atoms with Gasteiger partial charge in [0.1, 0.15) is 0 Å². The van der Waals surface area contributed by atoms with Gasteiger partial charge in [-0.15, -0.1) is 0 Å². The minimum Gasteiger partial charge on any atom is -0.357 e. The minimum absolute atomic E-state index is 0.607. The Morgan fingerprint density at radius 3 is 2.32 bits per heavy atom. The molecule has 0 aliphatic rings. The predicted molar refractivity (Wildman–Crippen MR) is 85.8 cm³/mol. The van der Waals surface area contributed by atoms with E-state index in [0.717, 1.165) is 25.6 Å². The zero-order valence-corrected chi connectivity index (χ0v) is 13.8. The van der Waals surface area contributed by atoms with Crippen molar-refractivity contribution < 1.29 is 0 Å². The van der Waals surface area contributed by atoms with Gasteiger partial charge in [0.2, 0.25) is 0 Å². The molecule has 0 saturated carbocycles. The maximum absolute atomic E-state index is 4.56. The average molecular weight is 270 g/mol. The van der Waals surface area contributed by atoms with Gasteiger partial charge in [-0.05, 0) is 53.1 Å². The van der Waals surface area contributed by atoms with Crippen LogP contribution in [-0.2, 0) is 0 Å². The molecular weight excluding hydrogens is 236 g/mol. The van der Waals surface area contributed by atoms with Crippen molar-refractivity contribution in [2.45, 2.75) is 53.5 Å². The summed E-state index contributed by atoms with van der Waals surface area (Å²) in [7, 11) is 2.19. The molecule has 0 atom stereocenters. The largest absolute Gasteiger partial charge is 0.357 e. The van der Waals surface area contributed by atoms with Crippen molar-refractivity contribution in [3.05, 3.63) is 0 Å². The van der Waals surface area contributed by atoms with Crippen molar-refractivity contribution in [2.75, 3.05) is 33.2 Å². The van der Waals surface area contributed by atoms with Crippen LogP contribution in [0.25, 0.3) is 0 Å². The Labute approximate surface area is 120 Å². The van der Waals surface area contributed by atoms with E-state index < -0.39 is 0 Å². The summed E-state index contributed by atoms with van der Waals surface area (Å²) in [6.45, 7) is 14.9. The summed E-state index contributed by atoms with van der Waals surface area (Å²) in [5.41, 5.74) is 0. The highest BCUT2D eigenvalue weighted by Crippen LogP contribution is 1.97. The predicted octanol–water partition coefficient (Wildman–Crippen LogP) is 2.32. The van der Waals surface area contributed by atoms with Gasteiger partial charge in [0, 0.05) is 25.7 Å². The SMILES string of the molecule is CCNC(=NCC(C)C)NCCCCN(C)C(C)C. The van der Waals surface area contributed by atoms with E-state index in [-0.39, 0.29) is 0 Å². The third-order valence-corrected chi connectivity index (χ3v) is 3.07. The molecule has 0 aromatic carbocycles. The third kappa shape index (κ3) is 10.8. The smallest absolute Gasteiger partial charge is 0.191 e. The summed E-state index contributed by atoms with van der Waals surface area (Å²) in [5.74, 6) is 1.56. The Morgan fingerprint density at radius 1 is 1.11 bits per heavy atom. The van der Waals surface area contributed by atoms with Gasteiger partial charge in [-0.25, -0.2) is 0 Å². The van der Waals surface area contributed by atoms with Gasteiger partial charge in [0.15, 0.2) is 5.96 Å². The molecule has 0 fully saturated rings. The second-order valence-corrected chi connectivity index (χ2v) is 5.82. The number of aliphatic imine (C=N–C) groups is 1. The number of rotatable bonds is 9. The van der Waals surface area contributed by atoms with E-state index in [4.69, 9.17) is 0 Å². The Kier molecular flexibility index (Phi) is 10.6. The molecule has 0 spiro atoms. The molecule has 0 bridgehead atoms. The van der Waals surface area contributed by atoms with E-state index in [1.54, 1.807) is 0 Å². The molecular formula is C15H34N4. The molecule has 0 aliphatic carbocycles. The van der Waals surface area contributed by atoms with E-state index in [1.165, 1.54) is 19.4 Å². The third-order valence-electron chi connectivity index (χ3n) is 3.07. The molecule has 0 aromatic rings. The molecule has 0 heterocycles. The van der Waals surface area contributed by atoms with Gasteiger partial charge in [-0.2, -0.15) is 0 Å². The number of hydrogen-bond acceptors (Lipinski definition) is 2. The maximum atomic E-state index is 4.56. The van der Waals surface area contributed by atoms with Crippen LogP contribution >= 0.6 is 0 Å². The van der Waals surface area contributed by atoms with Gasteiger partial charge in [0.25, 0.3) is 0 Å². The van der Waals surface area contributed by atoms with Crippen LogP contribution < -0.4 is 10.6 Å². The highest BCUT2D eigenvalue weighted by atomic mass is 15.2. The standard InChI is InChI=1S/C15H34N4/c1-7-16-15(18-12-13(2)3)17-10-8-9-11-19(6)14(4)5/h13-14H,7-12H2,1-6H3,(H2,16,17,18). The first-order valence-electron chi connectivity index (χ1n) is 7.69. The molecule has 114 valence electrons. The first kappa shape index (κ1) is 18.2. The zero-order valence-electron chi connectivity index (χ0n) is 13.8. The highest BCUT2D eigenvalue weighted by molar-refractivity contribution is 5.79. The molecule has 0 amide bonds. The zero-order chi connectivity index (χ0) is 14.7. The monoisotopic (exact) mass is 270 g/mol. The Morgan fingerprint density at radius 2 is 1.79 bits per heavy atom. The normalized spacial score (nSPS) is 12.6. The van der Waals surface area contributed by atoms with Crippen LogP contribution in [0.15, 0.2) is 4.99 Å². The summed E-state index contributed by atoms with van der Waals surface area (Å²) in [6.07, 6.45) is 2.41. The molecule has 0 unspecified atom stereocenters. The molecule has 0 aliphatic heterocycles. The lowest BCUT2D eigenvalue weighted by atomic mass is 10.2. The van der Waals surface area contributed by atoms with Crippen LogP contribution in [0.5, 0.6) is 0 Å². The van der Waals surface area contributed by atoms with Crippen LogP contribution in [0.1, 0.15) is 47.5 Å². The van der Waals surface area contributed by atoms with Crippen molar-refractivity contribution in [3.8, 4) is 0 Å². The number of guanidine groups is 1. The van der Waals surface area contributed by atoms with Crippen molar-refractivity contribution >= 4 is 5.96 Å². The molecule has 0 rings (SSSR count). The number of hydrogen-bond donors (Lipinski definition) is 2. The fourth-order valence-corrected chi connectivity index (χ4v) is 1.57. The molecule has 0 radical (unpaired) electrons. The minimum atomic E-state index is 0.607. The first-order chi connectivity index (χ1) is 8.97.